The number of benzene rings is 4. The molecule has 1 amide bonds. The summed E-state index contributed by atoms with van der Waals surface area (Å²) in [6.07, 6.45) is 6.43. The summed E-state index contributed by atoms with van der Waals surface area (Å²) in [7, 11) is 0. The molecule has 4 bridgehead atoms. The van der Waals surface area contributed by atoms with Crippen LogP contribution in [0.2, 0.25) is 0 Å². The molecular formula is C38H38BNO2. The van der Waals surface area contributed by atoms with E-state index in [2.05, 4.69) is 76.2 Å². The van der Waals surface area contributed by atoms with E-state index in [1.54, 1.807) is 5.56 Å². The summed E-state index contributed by atoms with van der Waals surface area (Å²) < 4.78 is 6.08. The minimum atomic E-state index is -0.275. The van der Waals surface area contributed by atoms with Gasteiger partial charge in [-0.15, -0.1) is 0 Å². The van der Waals surface area contributed by atoms with Gasteiger partial charge in [-0.2, -0.15) is 0 Å². The molecule has 4 aliphatic carbocycles. The lowest BCUT2D eigenvalue weighted by atomic mass is 9.33. The standard InChI is InChI=1S/C38H38BNO2/c1-20(2)27-8-6-9-28(21(3)4)36(27)39-31-12-11-24-7-5-10-34-35(24)37(31)40(38(41)42-34)33-19-30-26-16-22-13-23(17-26)15-25(14-22)29(30)18-32(33)39/h5-12,18-23,25-26H,13-17H2,1-4H3. The van der Waals surface area contributed by atoms with Gasteiger partial charge in [-0.05, 0) is 118 Å². The van der Waals surface area contributed by atoms with Crippen LogP contribution in [-0.2, 0) is 0 Å². The average Bonchev–Trinajstić information content (AvgIpc) is 3.13. The van der Waals surface area contributed by atoms with Crippen molar-refractivity contribution in [2.45, 2.75) is 83.5 Å². The number of ether oxygens (including phenoxy) is 1. The lowest BCUT2D eigenvalue weighted by molar-refractivity contribution is 0.166. The molecule has 42 heavy (non-hydrogen) atoms. The molecule has 2 aliphatic heterocycles. The third-order valence-electron chi connectivity index (χ3n) is 11.4. The highest BCUT2D eigenvalue weighted by Crippen LogP contribution is 2.57. The van der Waals surface area contributed by atoms with E-state index in [1.807, 2.05) is 17.0 Å². The molecule has 0 radical (unpaired) electrons. The van der Waals surface area contributed by atoms with Crippen molar-refractivity contribution < 1.29 is 9.53 Å². The molecule has 4 aromatic rings. The van der Waals surface area contributed by atoms with Gasteiger partial charge in [-0.1, -0.05) is 81.7 Å². The number of rotatable bonds is 3. The van der Waals surface area contributed by atoms with Crippen molar-refractivity contribution in [1.82, 2.24) is 0 Å². The first-order chi connectivity index (χ1) is 20.4. The van der Waals surface area contributed by atoms with Gasteiger partial charge >= 0.3 is 6.09 Å². The lowest BCUT2D eigenvalue weighted by Crippen LogP contribution is -2.61. The Labute approximate surface area is 249 Å². The fraction of sp³-hybridized carbons (Fsp3) is 0.395. The molecule has 4 aromatic carbocycles. The number of carbonyl (C=O) groups excluding carboxylic acids is 1. The molecule has 0 aromatic heterocycles. The minimum absolute atomic E-state index is 0.0635. The molecule has 6 aliphatic rings. The van der Waals surface area contributed by atoms with Crippen molar-refractivity contribution in [3.63, 3.8) is 0 Å². The van der Waals surface area contributed by atoms with E-state index in [4.69, 9.17) is 4.74 Å². The van der Waals surface area contributed by atoms with E-state index in [1.165, 1.54) is 65.2 Å². The second kappa shape index (κ2) is 8.75. The highest BCUT2D eigenvalue weighted by molar-refractivity contribution is 6.99. The van der Waals surface area contributed by atoms with Crippen LogP contribution >= 0.6 is 0 Å². The van der Waals surface area contributed by atoms with Gasteiger partial charge in [0.25, 0.3) is 0 Å². The van der Waals surface area contributed by atoms with Crippen LogP contribution in [-0.4, -0.2) is 12.8 Å². The topological polar surface area (TPSA) is 29.5 Å². The first-order valence-electron chi connectivity index (χ1n) is 16.2. The van der Waals surface area contributed by atoms with Crippen LogP contribution in [0.15, 0.2) is 60.7 Å². The van der Waals surface area contributed by atoms with Crippen LogP contribution in [0, 0.1) is 11.8 Å². The molecule has 0 saturated heterocycles. The molecule has 0 N–H and O–H groups in total. The van der Waals surface area contributed by atoms with Crippen LogP contribution in [0.1, 0.15) is 106 Å². The Balaban J connectivity index is 1.40. The van der Waals surface area contributed by atoms with Gasteiger partial charge < -0.3 is 4.74 Å². The number of hydrogen-bond donors (Lipinski definition) is 0. The Morgan fingerprint density at radius 3 is 2.07 bits per heavy atom. The molecule has 3 nitrogen and oxygen atoms in total. The van der Waals surface area contributed by atoms with Crippen molar-refractivity contribution in [3.05, 3.63) is 82.9 Å². The summed E-state index contributed by atoms with van der Waals surface area (Å²) in [6.45, 7) is 9.36. The molecule has 2 atom stereocenters. The number of fused-ring (bicyclic) bond motifs is 2. The average molecular weight is 552 g/mol. The Bertz CT molecular complexity index is 1780. The number of anilines is 2. The van der Waals surface area contributed by atoms with Gasteiger partial charge in [-0.3, -0.25) is 0 Å². The largest absolute Gasteiger partial charge is 0.424 e. The van der Waals surface area contributed by atoms with Gasteiger partial charge in [0.1, 0.15) is 5.75 Å². The summed E-state index contributed by atoms with van der Waals surface area (Å²) in [5.74, 6) is 4.43. The third-order valence-corrected chi connectivity index (χ3v) is 11.4. The van der Waals surface area contributed by atoms with E-state index < -0.39 is 0 Å². The van der Waals surface area contributed by atoms with Gasteiger partial charge in [-0.25, -0.2) is 9.69 Å². The van der Waals surface area contributed by atoms with Crippen LogP contribution in [0.3, 0.4) is 0 Å². The van der Waals surface area contributed by atoms with Crippen LogP contribution in [0.5, 0.6) is 5.75 Å². The Hall–Kier alpha value is -3.53. The predicted octanol–water partition coefficient (Wildman–Crippen LogP) is 7.96. The van der Waals surface area contributed by atoms with Gasteiger partial charge in [0.15, 0.2) is 0 Å². The molecule has 210 valence electrons. The zero-order valence-corrected chi connectivity index (χ0v) is 25.1. The second-order valence-corrected chi connectivity index (χ2v) is 14.5. The Morgan fingerprint density at radius 2 is 1.40 bits per heavy atom. The van der Waals surface area contributed by atoms with E-state index in [9.17, 15) is 4.79 Å². The number of carbonyl (C=O) groups is 1. The SMILES string of the molecule is CC(C)c1cccc(C(C)C)c1B1c2cc3c(cc2N2C(=O)Oc4cccc5ccc1c2c45)C1CC2CC(CC3C2)C1. The smallest absolute Gasteiger partial charge is 0.409 e. The van der Waals surface area contributed by atoms with Crippen molar-refractivity contribution >= 4 is 51.3 Å². The fourth-order valence-corrected chi connectivity index (χ4v) is 9.90. The molecule has 2 unspecified atom stereocenters. The number of nitrogens with zero attached hydrogens (tertiary/aromatic N) is 1. The molecule has 2 fully saturated rings. The van der Waals surface area contributed by atoms with Crippen molar-refractivity contribution in [1.29, 1.82) is 0 Å². The van der Waals surface area contributed by atoms with Crippen molar-refractivity contribution in [3.8, 4) is 5.75 Å². The molecule has 2 heterocycles. The summed E-state index contributed by atoms with van der Waals surface area (Å²) in [5, 5.41) is 2.19. The highest BCUT2D eigenvalue weighted by Gasteiger charge is 2.47. The van der Waals surface area contributed by atoms with Crippen molar-refractivity contribution in [2.24, 2.45) is 11.8 Å². The highest BCUT2D eigenvalue weighted by atomic mass is 16.6. The van der Waals surface area contributed by atoms with Crippen LogP contribution in [0.4, 0.5) is 16.2 Å². The minimum Gasteiger partial charge on any atom is -0.409 e. The molecule has 10 rings (SSSR count). The number of amides is 1. The Kier molecular flexibility index (Phi) is 5.21. The summed E-state index contributed by atoms with van der Waals surface area (Å²) >= 11 is 0. The first kappa shape index (κ1) is 25.0. The summed E-state index contributed by atoms with van der Waals surface area (Å²) in [6, 6.07) is 22.6. The van der Waals surface area contributed by atoms with Gasteiger partial charge in [0.2, 0.25) is 6.71 Å². The zero-order chi connectivity index (χ0) is 28.4. The predicted molar refractivity (Wildman–Crippen MR) is 173 cm³/mol. The summed E-state index contributed by atoms with van der Waals surface area (Å²) in [5.41, 5.74) is 12.0. The molecule has 2 saturated carbocycles. The monoisotopic (exact) mass is 551 g/mol. The Morgan fingerprint density at radius 1 is 0.762 bits per heavy atom. The normalized spacial score (nSPS) is 24.8. The fourth-order valence-electron chi connectivity index (χ4n) is 9.90. The maximum Gasteiger partial charge on any atom is 0.424 e. The van der Waals surface area contributed by atoms with E-state index in [0.717, 1.165) is 34.0 Å². The second-order valence-electron chi connectivity index (χ2n) is 14.5. The molecular weight excluding hydrogens is 513 g/mol. The van der Waals surface area contributed by atoms with Crippen molar-refractivity contribution in [2.75, 3.05) is 4.90 Å². The van der Waals surface area contributed by atoms with E-state index in [0.29, 0.717) is 29.4 Å². The maximum atomic E-state index is 14.0. The maximum absolute atomic E-state index is 14.0. The zero-order valence-electron chi connectivity index (χ0n) is 25.1. The van der Waals surface area contributed by atoms with Gasteiger partial charge in [0, 0.05) is 11.1 Å². The lowest BCUT2D eigenvalue weighted by Gasteiger charge is -2.40. The molecule has 4 heteroatoms. The van der Waals surface area contributed by atoms with Gasteiger partial charge in [0.05, 0.1) is 5.69 Å². The quantitative estimate of drug-likeness (QED) is 0.242. The molecule has 0 spiro atoms. The van der Waals surface area contributed by atoms with Crippen LogP contribution in [0.25, 0.3) is 10.8 Å². The third kappa shape index (κ3) is 3.33. The van der Waals surface area contributed by atoms with Crippen LogP contribution < -0.4 is 26.0 Å². The van der Waals surface area contributed by atoms with E-state index >= 15 is 0 Å². The number of hydrogen-bond acceptors (Lipinski definition) is 2. The summed E-state index contributed by atoms with van der Waals surface area (Å²) in [4.78, 5) is 15.9. The first-order valence-corrected chi connectivity index (χ1v) is 16.2. The van der Waals surface area contributed by atoms with E-state index in [-0.39, 0.29) is 12.8 Å².